The SMILES string of the molecule is Cc1cc(C)c(C)c(CC(Cl)CC(=O)O)c1C. The van der Waals surface area contributed by atoms with Crippen molar-refractivity contribution in [3.63, 3.8) is 0 Å². The van der Waals surface area contributed by atoms with E-state index in [9.17, 15) is 4.79 Å². The smallest absolute Gasteiger partial charge is 0.304 e. The van der Waals surface area contributed by atoms with Crippen molar-refractivity contribution in [1.29, 1.82) is 0 Å². The van der Waals surface area contributed by atoms with E-state index in [0.717, 1.165) is 0 Å². The van der Waals surface area contributed by atoms with Gasteiger partial charge in [-0.3, -0.25) is 4.79 Å². The van der Waals surface area contributed by atoms with Crippen LogP contribution in [0.25, 0.3) is 0 Å². The fourth-order valence-electron chi connectivity index (χ4n) is 2.09. The predicted molar refractivity (Wildman–Crippen MR) is 71.0 cm³/mol. The van der Waals surface area contributed by atoms with E-state index < -0.39 is 5.97 Å². The van der Waals surface area contributed by atoms with E-state index in [2.05, 4.69) is 33.8 Å². The number of halogens is 1. The molecule has 17 heavy (non-hydrogen) atoms. The van der Waals surface area contributed by atoms with E-state index >= 15 is 0 Å². The van der Waals surface area contributed by atoms with Gasteiger partial charge in [-0.25, -0.2) is 0 Å². The van der Waals surface area contributed by atoms with Crippen molar-refractivity contribution < 1.29 is 9.90 Å². The molecule has 0 amide bonds. The number of rotatable bonds is 4. The number of carboxylic acids is 1. The van der Waals surface area contributed by atoms with Gasteiger partial charge in [-0.15, -0.1) is 11.6 Å². The quantitative estimate of drug-likeness (QED) is 0.835. The highest BCUT2D eigenvalue weighted by Crippen LogP contribution is 2.24. The molecular formula is C14H19ClO2. The molecule has 0 spiro atoms. The van der Waals surface area contributed by atoms with E-state index in [0.29, 0.717) is 6.42 Å². The summed E-state index contributed by atoms with van der Waals surface area (Å²) in [5, 5.41) is 8.38. The molecule has 0 aliphatic carbocycles. The van der Waals surface area contributed by atoms with Gasteiger partial charge in [-0.1, -0.05) is 6.07 Å². The Morgan fingerprint density at radius 3 is 2.12 bits per heavy atom. The first-order valence-corrected chi connectivity index (χ1v) is 6.18. The van der Waals surface area contributed by atoms with Gasteiger partial charge in [0, 0.05) is 5.38 Å². The third kappa shape index (κ3) is 3.47. The van der Waals surface area contributed by atoms with Gasteiger partial charge in [0.2, 0.25) is 0 Å². The molecule has 0 fully saturated rings. The maximum Gasteiger partial charge on any atom is 0.304 e. The Kier molecular flexibility index (Phi) is 4.58. The molecule has 0 aliphatic rings. The lowest BCUT2D eigenvalue weighted by Crippen LogP contribution is -2.12. The average Bonchev–Trinajstić information content (AvgIpc) is 2.20. The molecule has 0 saturated carbocycles. The van der Waals surface area contributed by atoms with Crippen molar-refractivity contribution >= 4 is 17.6 Å². The maximum atomic E-state index is 10.6. The predicted octanol–water partition coefficient (Wildman–Crippen LogP) is 3.54. The number of benzene rings is 1. The maximum absolute atomic E-state index is 10.6. The van der Waals surface area contributed by atoms with Crippen LogP contribution in [0.4, 0.5) is 0 Å². The van der Waals surface area contributed by atoms with Gasteiger partial charge in [-0.2, -0.15) is 0 Å². The summed E-state index contributed by atoms with van der Waals surface area (Å²) in [6.45, 7) is 8.29. The molecule has 1 N–H and O–H groups in total. The van der Waals surface area contributed by atoms with Crippen LogP contribution in [0.1, 0.15) is 34.2 Å². The fourth-order valence-corrected chi connectivity index (χ4v) is 2.37. The van der Waals surface area contributed by atoms with Crippen molar-refractivity contribution in [3.05, 3.63) is 33.9 Å². The summed E-state index contributed by atoms with van der Waals surface area (Å²) < 4.78 is 0. The summed E-state index contributed by atoms with van der Waals surface area (Å²) in [5.74, 6) is -0.843. The Morgan fingerprint density at radius 2 is 1.71 bits per heavy atom. The minimum atomic E-state index is -0.843. The van der Waals surface area contributed by atoms with Crippen LogP contribution in [0, 0.1) is 27.7 Å². The topological polar surface area (TPSA) is 37.3 Å². The summed E-state index contributed by atoms with van der Waals surface area (Å²) in [6, 6.07) is 2.16. The van der Waals surface area contributed by atoms with Crippen LogP contribution < -0.4 is 0 Å². The van der Waals surface area contributed by atoms with Gasteiger partial charge in [0.25, 0.3) is 0 Å². The molecule has 0 radical (unpaired) electrons. The number of aryl methyl sites for hydroxylation is 2. The molecule has 94 valence electrons. The molecule has 1 atom stereocenters. The highest BCUT2D eigenvalue weighted by atomic mass is 35.5. The Hall–Kier alpha value is -1.02. The average molecular weight is 255 g/mol. The van der Waals surface area contributed by atoms with E-state index in [1.54, 1.807) is 0 Å². The van der Waals surface area contributed by atoms with Crippen LogP contribution in [-0.2, 0) is 11.2 Å². The summed E-state index contributed by atoms with van der Waals surface area (Å²) in [7, 11) is 0. The normalized spacial score (nSPS) is 12.5. The largest absolute Gasteiger partial charge is 0.481 e. The molecule has 0 bridgehead atoms. The van der Waals surface area contributed by atoms with Gasteiger partial charge >= 0.3 is 5.97 Å². The number of hydrogen-bond acceptors (Lipinski definition) is 1. The Balaban J connectivity index is 3.01. The third-order valence-electron chi connectivity index (χ3n) is 3.34. The number of alkyl halides is 1. The third-order valence-corrected chi connectivity index (χ3v) is 3.65. The van der Waals surface area contributed by atoms with Gasteiger partial charge in [0.05, 0.1) is 6.42 Å². The lowest BCUT2D eigenvalue weighted by Gasteiger charge is -2.17. The Bertz CT molecular complexity index is 412. The van der Waals surface area contributed by atoms with Crippen LogP contribution in [0.5, 0.6) is 0 Å². The summed E-state index contributed by atoms with van der Waals surface area (Å²) >= 11 is 6.08. The molecule has 1 aromatic rings. The minimum Gasteiger partial charge on any atom is -0.481 e. The molecule has 3 heteroatoms. The van der Waals surface area contributed by atoms with Gasteiger partial charge in [0.1, 0.15) is 0 Å². The highest BCUT2D eigenvalue weighted by Gasteiger charge is 2.15. The molecule has 0 saturated heterocycles. The fraction of sp³-hybridized carbons (Fsp3) is 0.500. The number of carboxylic acid groups (broad SMARTS) is 1. The summed E-state index contributed by atoms with van der Waals surface area (Å²) in [4.78, 5) is 10.6. The van der Waals surface area contributed by atoms with E-state index in [1.165, 1.54) is 27.8 Å². The zero-order valence-electron chi connectivity index (χ0n) is 10.8. The number of carbonyl (C=O) groups is 1. The van der Waals surface area contributed by atoms with Crippen molar-refractivity contribution in [1.82, 2.24) is 0 Å². The van der Waals surface area contributed by atoms with Gasteiger partial charge < -0.3 is 5.11 Å². The summed E-state index contributed by atoms with van der Waals surface area (Å²) in [5.41, 5.74) is 6.13. The highest BCUT2D eigenvalue weighted by molar-refractivity contribution is 6.21. The van der Waals surface area contributed by atoms with Gasteiger partial charge in [0.15, 0.2) is 0 Å². The van der Waals surface area contributed by atoms with Crippen molar-refractivity contribution in [2.24, 2.45) is 0 Å². The molecule has 2 nitrogen and oxygen atoms in total. The minimum absolute atomic E-state index is 0.00737. The van der Waals surface area contributed by atoms with Crippen LogP contribution in [-0.4, -0.2) is 16.5 Å². The molecule has 0 aromatic heterocycles. The molecule has 0 heterocycles. The monoisotopic (exact) mass is 254 g/mol. The van der Waals surface area contributed by atoms with Crippen molar-refractivity contribution in [2.75, 3.05) is 0 Å². The Labute approximate surface area is 108 Å². The van der Waals surface area contributed by atoms with Gasteiger partial charge in [-0.05, 0) is 61.9 Å². The first kappa shape index (κ1) is 14.0. The first-order chi connectivity index (χ1) is 7.82. The van der Waals surface area contributed by atoms with E-state index in [1.807, 2.05) is 0 Å². The van der Waals surface area contributed by atoms with E-state index in [4.69, 9.17) is 16.7 Å². The molecule has 1 aromatic carbocycles. The molecular weight excluding hydrogens is 236 g/mol. The second kappa shape index (κ2) is 5.54. The Morgan fingerprint density at radius 1 is 1.24 bits per heavy atom. The standard InChI is InChI=1S/C14H19ClO2/c1-8-5-9(2)11(4)13(10(8)3)6-12(15)7-14(16)17/h5,12H,6-7H2,1-4H3,(H,16,17). The van der Waals surface area contributed by atoms with Crippen molar-refractivity contribution in [3.8, 4) is 0 Å². The lowest BCUT2D eigenvalue weighted by molar-refractivity contribution is -0.137. The lowest BCUT2D eigenvalue weighted by atomic mass is 9.91. The molecule has 1 rings (SSSR count). The number of hydrogen-bond donors (Lipinski definition) is 1. The van der Waals surface area contributed by atoms with E-state index in [-0.39, 0.29) is 11.8 Å². The zero-order valence-corrected chi connectivity index (χ0v) is 11.6. The van der Waals surface area contributed by atoms with Crippen LogP contribution in [0.2, 0.25) is 0 Å². The summed E-state index contributed by atoms with van der Waals surface area (Å²) in [6.07, 6.45) is 0.626. The zero-order chi connectivity index (χ0) is 13.2. The van der Waals surface area contributed by atoms with Crippen molar-refractivity contribution in [2.45, 2.75) is 45.9 Å². The second-order valence-corrected chi connectivity index (χ2v) is 5.26. The number of aliphatic carboxylic acids is 1. The molecule has 0 aliphatic heterocycles. The van der Waals surface area contributed by atoms with Crippen LogP contribution in [0.3, 0.4) is 0 Å². The second-order valence-electron chi connectivity index (χ2n) is 4.64. The molecule has 1 unspecified atom stereocenters. The first-order valence-electron chi connectivity index (χ1n) is 5.75. The van der Waals surface area contributed by atoms with Crippen LogP contribution in [0.15, 0.2) is 6.07 Å². The van der Waals surface area contributed by atoms with Crippen LogP contribution >= 0.6 is 11.6 Å².